The molecule has 2 fully saturated rings. The van der Waals surface area contributed by atoms with E-state index in [2.05, 4.69) is 10.6 Å². The molecule has 0 radical (unpaired) electrons. The second-order valence-electron chi connectivity index (χ2n) is 5.95. The normalized spacial score (nSPS) is 28.3. The van der Waals surface area contributed by atoms with Crippen molar-refractivity contribution in [2.75, 3.05) is 19.6 Å². The number of nitrogens with zero attached hydrogens (tertiary/aromatic N) is 1. The highest BCUT2D eigenvalue weighted by molar-refractivity contribution is 5.95. The number of morpholine rings is 1. The van der Waals surface area contributed by atoms with Crippen LogP contribution in [-0.4, -0.2) is 54.7 Å². The van der Waals surface area contributed by atoms with E-state index in [4.69, 9.17) is 4.74 Å². The van der Waals surface area contributed by atoms with Gasteiger partial charge in [0.15, 0.2) is 0 Å². The topological polar surface area (TPSA) is 70.7 Å². The number of ether oxygens (including phenoxy) is 1. The Kier molecular flexibility index (Phi) is 5.37. The van der Waals surface area contributed by atoms with E-state index in [0.717, 1.165) is 38.8 Å². The molecular formula is C14H25N3O3. The van der Waals surface area contributed by atoms with Gasteiger partial charge in [-0.2, -0.15) is 0 Å². The van der Waals surface area contributed by atoms with E-state index >= 15 is 0 Å². The average Bonchev–Trinajstić information content (AvgIpc) is 2.79. The van der Waals surface area contributed by atoms with Crippen molar-refractivity contribution in [1.29, 1.82) is 0 Å². The van der Waals surface area contributed by atoms with Crippen molar-refractivity contribution in [3.05, 3.63) is 0 Å². The molecule has 0 aromatic heterocycles. The van der Waals surface area contributed by atoms with Crippen LogP contribution in [0.25, 0.3) is 0 Å². The minimum absolute atomic E-state index is 0.124. The predicted molar refractivity (Wildman–Crippen MR) is 75.4 cm³/mol. The van der Waals surface area contributed by atoms with Crippen molar-refractivity contribution in [3.63, 3.8) is 0 Å². The van der Waals surface area contributed by atoms with Crippen LogP contribution < -0.4 is 10.6 Å². The summed E-state index contributed by atoms with van der Waals surface area (Å²) in [6.07, 6.45) is 4.59. The van der Waals surface area contributed by atoms with Gasteiger partial charge in [-0.25, -0.2) is 4.79 Å². The summed E-state index contributed by atoms with van der Waals surface area (Å²) < 4.78 is 5.62. The van der Waals surface area contributed by atoms with E-state index in [1.165, 1.54) is 0 Å². The van der Waals surface area contributed by atoms with Crippen LogP contribution in [-0.2, 0) is 9.53 Å². The lowest BCUT2D eigenvalue weighted by Crippen LogP contribution is -2.51. The van der Waals surface area contributed by atoms with Gasteiger partial charge in [0.05, 0.1) is 18.8 Å². The van der Waals surface area contributed by atoms with E-state index in [9.17, 15) is 9.59 Å². The van der Waals surface area contributed by atoms with Gasteiger partial charge in [0.25, 0.3) is 0 Å². The molecule has 20 heavy (non-hydrogen) atoms. The van der Waals surface area contributed by atoms with Crippen LogP contribution in [0, 0.1) is 0 Å². The lowest BCUT2D eigenvalue weighted by molar-refractivity contribution is -0.124. The van der Waals surface area contributed by atoms with Crippen LogP contribution >= 0.6 is 0 Å². The van der Waals surface area contributed by atoms with Gasteiger partial charge >= 0.3 is 6.03 Å². The molecule has 2 N–H and O–H groups in total. The van der Waals surface area contributed by atoms with E-state index in [-0.39, 0.29) is 36.7 Å². The number of urea groups is 1. The zero-order valence-electron chi connectivity index (χ0n) is 12.4. The Hall–Kier alpha value is -1.14. The van der Waals surface area contributed by atoms with Crippen LogP contribution in [0.5, 0.6) is 0 Å². The fraction of sp³-hybridized carbons (Fsp3) is 0.857. The Morgan fingerprint density at radius 2 is 1.75 bits per heavy atom. The molecule has 1 saturated carbocycles. The Labute approximate surface area is 120 Å². The van der Waals surface area contributed by atoms with Crippen molar-refractivity contribution in [2.24, 2.45) is 0 Å². The summed E-state index contributed by atoms with van der Waals surface area (Å²) in [5.74, 6) is -0.248. The van der Waals surface area contributed by atoms with Gasteiger partial charge < -0.3 is 10.1 Å². The Bertz CT molecular complexity index is 346. The monoisotopic (exact) mass is 283 g/mol. The largest absolute Gasteiger partial charge is 0.373 e. The number of hydrogen-bond donors (Lipinski definition) is 2. The fourth-order valence-corrected chi connectivity index (χ4v) is 3.07. The predicted octanol–water partition coefficient (Wildman–Crippen LogP) is 0.864. The molecule has 2 aliphatic rings. The Morgan fingerprint density at radius 3 is 2.35 bits per heavy atom. The van der Waals surface area contributed by atoms with Crippen molar-refractivity contribution in [1.82, 2.24) is 15.5 Å². The minimum atomic E-state index is -0.365. The number of rotatable bonds is 3. The number of hydrogen-bond acceptors (Lipinski definition) is 4. The molecule has 2 atom stereocenters. The summed E-state index contributed by atoms with van der Waals surface area (Å²) >= 11 is 0. The highest BCUT2D eigenvalue weighted by Gasteiger charge is 2.24. The summed E-state index contributed by atoms with van der Waals surface area (Å²) in [7, 11) is 0. The van der Waals surface area contributed by atoms with Crippen molar-refractivity contribution >= 4 is 11.9 Å². The third kappa shape index (κ3) is 4.76. The van der Waals surface area contributed by atoms with Crippen molar-refractivity contribution in [2.45, 2.75) is 57.8 Å². The maximum Gasteiger partial charge on any atom is 0.321 e. The molecule has 1 heterocycles. The molecule has 0 aromatic rings. The van der Waals surface area contributed by atoms with Crippen LogP contribution in [0.4, 0.5) is 4.79 Å². The van der Waals surface area contributed by atoms with Gasteiger partial charge in [-0.1, -0.05) is 12.8 Å². The smallest absolute Gasteiger partial charge is 0.321 e. The molecule has 6 nitrogen and oxygen atoms in total. The van der Waals surface area contributed by atoms with Crippen LogP contribution in [0.15, 0.2) is 0 Å². The van der Waals surface area contributed by atoms with Crippen molar-refractivity contribution in [3.8, 4) is 0 Å². The number of carbonyl (C=O) groups excluding carboxylic acids is 2. The molecule has 0 unspecified atom stereocenters. The standard InChI is InChI=1S/C14H25N3O3/c1-10-7-17(8-11(2)20-10)9-13(18)16-14(19)15-12-5-3-4-6-12/h10-12H,3-9H2,1-2H3,(H2,15,16,18,19)/t10-,11+. The Balaban J connectivity index is 1.70. The first-order chi connectivity index (χ1) is 9.52. The molecule has 1 aliphatic heterocycles. The number of nitrogens with one attached hydrogen (secondary N) is 2. The second kappa shape index (κ2) is 7.04. The van der Waals surface area contributed by atoms with Gasteiger partial charge in [0.1, 0.15) is 0 Å². The number of amides is 3. The molecule has 1 saturated heterocycles. The number of imide groups is 1. The lowest BCUT2D eigenvalue weighted by atomic mass is 10.2. The van der Waals surface area contributed by atoms with E-state index in [1.54, 1.807) is 0 Å². The maximum atomic E-state index is 11.9. The van der Waals surface area contributed by atoms with E-state index in [1.807, 2.05) is 18.7 Å². The molecule has 6 heteroatoms. The number of carbonyl (C=O) groups is 2. The molecular weight excluding hydrogens is 258 g/mol. The van der Waals surface area contributed by atoms with Crippen LogP contribution in [0.3, 0.4) is 0 Å². The third-order valence-corrected chi connectivity index (χ3v) is 3.81. The summed E-state index contributed by atoms with van der Waals surface area (Å²) in [4.78, 5) is 25.6. The van der Waals surface area contributed by atoms with Gasteiger partial charge in [-0.15, -0.1) is 0 Å². The molecule has 0 aromatic carbocycles. The first kappa shape index (κ1) is 15.3. The van der Waals surface area contributed by atoms with Gasteiger partial charge in [-0.3, -0.25) is 15.0 Å². The summed E-state index contributed by atoms with van der Waals surface area (Å²) in [5, 5.41) is 5.26. The SMILES string of the molecule is C[C@@H]1CN(CC(=O)NC(=O)NC2CCCC2)C[C@H](C)O1. The van der Waals surface area contributed by atoms with Gasteiger partial charge in [0, 0.05) is 19.1 Å². The fourth-order valence-electron chi connectivity index (χ4n) is 3.07. The highest BCUT2D eigenvalue weighted by atomic mass is 16.5. The van der Waals surface area contributed by atoms with Gasteiger partial charge in [0.2, 0.25) is 5.91 Å². The lowest BCUT2D eigenvalue weighted by Gasteiger charge is -2.34. The molecule has 3 amide bonds. The van der Waals surface area contributed by atoms with E-state index in [0.29, 0.717) is 0 Å². The first-order valence-electron chi connectivity index (χ1n) is 7.51. The second-order valence-corrected chi connectivity index (χ2v) is 5.95. The summed E-state index contributed by atoms with van der Waals surface area (Å²) in [6.45, 7) is 5.68. The quantitative estimate of drug-likeness (QED) is 0.806. The molecule has 1 aliphatic carbocycles. The Morgan fingerprint density at radius 1 is 1.15 bits per heavy atom. The minimum Gasteiger partial charge on any atom is -0.373 e. The van der Waals surface area contributed by atoms with Gasteiger partial charge in [-0.05, 0) is 26.7 Å². The highest BCUT2D eigenvalue weighted by Crippen LogP contribution is 2.17. The van der Waals surface area contributed by atoms with Crippen LogP contribution in [0.2, 0.25) is 0 Å². The van der Waals surface area contributed by atoms with Crippen molar-refractivity contribution < 1.29 is 14.3 Å². The summed E-state index contributed by atoms with van der Waals surface area (Å²) in [6, 6.07) is -0.137. The molecule has 2 rings (SSSR count). The maximum absolute atomic E-state index is 11.9. The van der Waals surface area contributed by atoms with E-state index < -0.39 is 0 Å². The first-order valence-corrected chi connectivity index (χ1v) is 7.51. The summed E-state index contributed by atoms with van der Waals surface area (Å²) in [5.41, 5.74) is 0. The van der Waals surface area contributed by atoms with Crippen LogP contribution in [0.1, 0.15) is 39.5 Å². The molecule has 114 valence electrons. The zero-order chi connectivity index (χ0) is 14.5. The molecule has 0 spiro atoms. The average molecular weight is 283 g/mol. The molecule has 0 bridgehead atoms. The zero-order valence-corrected chi connectivity index (χ0v) is 12.4. The third-order valence-electron chi connectivity index (χ3n) is 3.81.